The van der Waals surface area contributed by atoms with Gasteiger partial charge in [-0.2, -0.15) is 0 Å². The Morgan fingerprint density at radius 2 is 1.96 bits per heavy atom. The Kier molecular flexibility index (Phi) is 4.93. The van der Waals surface area contributed by atoms with Gasteiger partial charge in [0.05, 0.1) is 0 Å². The number of anilines is 1. The number of hydrogen-bond donors (Lipinski definition) is 2. The van der Waals surface area contributed by atoms with Crippen molar-refractivity contribution in [3.63, 3.8) is 0 Å². The molecule has 0 aromatic heterocycles. The van der Waals surface area contributed by atoms with Crippen LogP contribution in [0, 0.1) is 0 Å². The van der Waals surface area contributed by atoms with Crippen LogP contribution in [0.1, 0.15) is 29.6 Å². The lowest BCUT2D eigenvalue weighted by molar-refractivity contribution is -0.116. The van der Waals surface area contributed by atoms with E-state index in [1.165, 1.54) is 19.4 Å². The van der Waals surface area contributed by atoms with Gasteiger partial charge >= 0.3 is 0 Å². The Morgan fingerprint density at radius 1 is 1.17 bits per heavy atom. The first-order valence-electron chi connectivity index (χ1n) is 8.28. The highest BCUT2D eigenvalue weighted by atomic mass is 16.2. The molecule has 0 spiro atoms. The van der Waals surface area contributed by atoms with Gasteiger partial charge in [0.1, 0.15) is 0 Å². The standard InChI is InChI=1S/C17H24N4O2/c18-17(23)13-3-5-14(6-4-13)19-16(22)7-9-20-10-11-21-8-1-2-15(21)12-20/h3-6,15H,1-2,7-12H2,(H2,18,23)(H,19,22)/t15-/m0/s1. The van der Waals surface area contributed by atoms with E-state index in [-0.39, 0.29) is 5.91 Å². The van der Waals surface area contributed by atoms with Gasteiger partial charge in [0, 0.05) is 49.9 Å². The van der Waals surface area contributed by atoms with Gasteiger partial charge in [-0.1, -0.05) is 0 Å². The molecule has 124 valence electrons. The van der Waals surface area contributed by atoms with Crippen LogP contribution in [-0.2, 0) is 4.79 Å². The van der Waals surface area contributed by atoms with Crippen LogP contribution >= 0.6 is 0 Å². The van der Waals surface area contributed by atoms with E-state index in [9.17, 15) is 9.59 Å². The van der Waals surface area contributed by atoms with Gasteiger partial charge < -0.3 is 11.1 Å². The second-order valence-electron chi connectivity index (χ2n) is 6.37. The fourth-order valence-electron chi connectivity index (χ4n) is 3.46. The molecule has 2 fully saturated rings. The number of carbonyl (C=O) groups is 2. The highest BCUT2D eigenvalue weighted by Crippen LogP contribution is 2.21. The van der Waals surface area contributed by atoms with Crippen LogP contribution in [-0.4, -0.2) is 60.4 Å². The van der Waals surface area contributed by atoms with Crippen LogP contribution in [0.3, 0.4) is 0 Å². The normalized spacial score (nSPS) is 21.8. The van der Waals surface area contributed by atoms with Gasteiger partial charge in [-0.15, -0.1) is 0 Å². The van der Waals surface area contributed by atoms with Gasteiger partial charge in [-0.3, -0.25) is 19.4 Å². The number of rotatable bonds is 5. The van der Waals surface area contributed by atoms with Gasteiger partial charge in [0.2, 0.25) is 11.8 Å². The van der Waals surface area contributed by atoms with Crippen molar-refractivity contribution < 1.29 is 9.59 Å². The van der Waals surface area contributed by atoms with Crippen molar-refractivity contribution in [3.8, 4) is 0 Å². The Hall–Kier alpha value is -1.92. The number of amides is 2. The molecule has 2 aliphatic heterocycles. The summed E-state index contributed by atoms with van der Waals surface area (Å²) in [6, 6.07) is 7.34. The van der Waals surface area contributed by atoms with Gasteiger partial charge in [0.25, 0.3) is 0 Å². The molecule has 0 unspecified atom stereocenters. The molecule has 2 heterocycles. The Bertz CT molecular complexity index is 572. The smallest absolute Gasteiger partial charge is 0.248 e. The van der Waals surface area contributed by atoms with Crippen LogP contribution in [0.15, 0.2) is 24.3 Å². The summed E-state index contributed by atoms with van der Waals surface area (Å²) in [5, 5.41) is 2.87. The number of benzene rings is 1. The SMILES string of the molecule is NC(=O)c1ccc(NC(=O)CCN2CCN3CCC[C@H]3C2)cc1. The zero-order valence-corrected chi connectivity index (χ0v) is 13.3. The van der Waals surface area contributed by atoms with Crippen LogP contribution in [0.5, 0.6) is 0 Å². The van der Waals surface area contributed by atoms with E-state index in [2.05, 4.69) is 15.1 Å². The summed E-state index contributed by atoms with van der Waals surface area (Å²) in [4.78, 5) is 28.0. The van der Waals surface area contributed by atoms with Crippen molar-refractivity contribution in [1.29, 1.82) is 0 Å². The Labute approximate surface area is 136 Å². The molecule has 2 aliphatic rings. The third kappa shape index (κ3) is 4.09. The topological polar surface area (TPSA) is 78.7 Å². The minimum Gasteiger partial charge on any atom is -0.366 e. The predicted octanol–water partition coefficient (Wildman–Crippen LogP) is 0.894. The second-order valence-corrected chi connectivity index (χ2v) is 6.37. The van der Waals surface area contributed by atoms with Crippen molar-refractivity contribution in [2.24, 2.45) is 5.73 Å². The molecule has 23 heavy (non-hydrogen) atoms. The molecular weight excluding hydrogens is 292 g/mol. The van der Waals surface area contributed by atoms with E-state index in [4.69, 9.17) is 5.73 Å². The molecule has 0 aliphatic carbocycles. The zero-order chi connectivity index (χ0) is 16.2. The lowest BCUT2D eigenvalue weighted by Gasteiger charge is -2.37. The van der Waals surface area contributed by atoms with E-state index in [0.717, 1.165) is 26.2 Å². The summed E-state index contributed by atoms with van der Waals surface area (Å²) >= 11 is 0. The van der Waals surface area contributed by atoms with E-state index < -0.39 is 5.91 Å². The highest BCUT2D eigenvalue weighted by Gasteiger charge is 2.30. The minimum atomic E-state index is -0.464. The lowest BCUT2D eigenvalue weighted by atomic mass is 10.1. The number of nitrogens with one attached hydrogen (secondary N) is 1. The van der Waals surface area contributed by atoms with Gasteiger partial charge in [-0.05, 0) is 43.7 Å². The van der Waals surface area contributed by atoms with E-state index in [0.29, 0.717) is 23.7 Å². The van der Waals surface area contributed by atoms with Crippen molar-refractivity contribution in [1.82, 2.24) is 9.80 Å². The maximum Gasteiger partial charge on any atom is 0.248 e. The quantitative estimate of drug-likeness (QED) is 0.846. The molecule has 1 aromatic rings. The molecule has 2 amide bonds. The maximum atomic E-state index is 12.1. The van der Waals surface area contributed by atoms with E-state index >= 15 is 0 Å². The van der Waals surface area contributed by atoms with Crippen LogP contribution in [0.25, 0.3) is 0 Å². The number of hydrogen-bond acceptors (Lipinski definition) is 4. The summed E-state index contributed by atoms with van der Waals surface area (Å²) in [5.41, 5.74) is 6.33. The number of primary amides is 1. The molecule has 0 radical (unpaired) electrons. The maximum absolute atomic E-state index is 12.1. The van der Waals surface area contributed by atoms with E-state index in [1.807, 2.05) is 0 Å². The van der Waals surface area contributed by atoms with Crippen molar-refractivity contribution in [2.45, 2.75) is 25.3 Å². The van der Waals surface area contributed by atoms with Crippen LogP contribution < -0.4 is 11.1 Å². The molecule has 0 bridgehead atoms. The summed E-state index contributed by atoms with van der Waals surface area (Å²) in [6.07, 6.45) is 3.08. The summed E-state index contributed by atoms with van der Waals surface area (Å²) in [7, 11) is 0. The zero-order valence-electron chi connectivity index (χ0n) is 13.3. The minimum absolute atomic E-state index is 0.00526. The third-order valence-electron chi connectivity index (χ3n) is 4.78. The largest absolute Gasteiger partial charge is 0.366 e. The van der Waals surface area contributed by atoms with Crippen molar-refractivity contribution >= 4 is 17.5 Å². The average molecular weight is 316 g/mol. The van der Waals surface area contributed by atoms with Gasteiger partial charge in [-0.25, -0.2) is 0 Å². The molecule has 1 atom stereocenters. The predicted molar refractivity (Wildman–Crippen MR) is 89.2 cm³/mol. The molecule has 3 rings (SSSR count). The molecule has 0 saturated carbocycles. The number of nitrogens with zero attached hydrogens (tertiary/aromatic N) is 2. The monoisotopic (exact) mass is 316 g/mol. The molecule has 1 aromatic carbocycles. The van der Waals surface area contributed by atoms with E-state index in [1.54, 1.807) is 24.3 Å². The number of piperazine rings is 1. The van der Waals surface area contributed by atoms with Crippen molar-refractivity contribution in [2.75, 3.05) is 38.0 Å². The molecular formula is C17H24N4O2. The highest BCUT2D eigenvalue weighted by molar-refractivity contribution is 5.94. The molecule has 6 nitrogen and oxygen atoms in total. The van der Waals surface area contributed by atoms with Crippen LogP contribution in [0.2, 0.25) is 0 Å². The molecule has 2 saturated heterocycles. The first-order chi connectivity index (χ1) is 11.1. The summed E-state index contributed by atoms with van der Waals surface area (Å²) in [6.45, 7) is 5.30. The number of nitrogens with two attached hydrogens (primary N) is 1. The molecule has 6 heteroatoms. The summed E-state index contributed by atoms with van der Waals surface area (Å²) in [5.74, 6) is -0.459. The van der Waals surface area contributed by atoms with Crippen LogP contribution in [0.4, 0.5) is 5.69 Å². The second kappa shape index (κ2) is 7.10. The average Bonchev–Trinajstić information content (AvgIpc) is 3.01. The third-order valence-corrected chi connectivity index (χ3v) is 4.78. The number of fused-ring (bicyclic) bond motifs is 1. The fraction of sp³-hybridized carbons (Fsp3) is 0.529. The summed E-state index contributed by atoms with van der Waals surface area (Å²) < 4.78 is 0. The first-order valence-corrected chi connectivity index (χ1v) is 8.28. The van der Waals surface area contributed by atoms with Crippen molar-refractivity contribution in [3.05, 3.63) is 29.8 Å². The fourth-order valence-corrected chi connectivity index (χ4v) is 3.46. The Morgan fingerprint density at radius 3 is 2.70 bits per heavy atom. The molecule has 3 N–H and O–H groups in total. The first kappa shape index (κ1) is 16.0. The van der Waals surface area contributed by atoms with Gasteiger partial charge in [0.15, 0.2) is 0 Å². The lowest BCUT2D eigenvalue weighted by Crippen LogP contribution is -2.50. The number of carbonyl (C=O) groups excluding carboxylic acids is 2. The Balaban J connectivity index is 1.43.